The molecule has 2 N–H and O–H groups in total. The Balaban J connectivity index is 2.19. The Labute approximate surface area is 117 Å². The first kappa shape index (κ1) is 14.8. The zero-order chi connectivity index (χ0) is 15.6. The van der Waals surface area contributed by atoms with Crippen LogP contribution in [0, 0.1) is 17.2 Å². The molecule has 1 aromatic carbocycles. The molecule has 1 fully saturated rings. The summed E-state index contributed by atoms with van der Waals surface area (Å²) in [4.78, 5) is 22.9. The van der Waals surface area contributed by atoms with Gasteiger partial charge in [-0.2, -0.15) is 18.4 Å². The van der Waals surface area contributed by atoms with Crippen molar-refractivity contribution in [3.8, 4) is 6.07 Å². The molecule has 1 atom stereocenters. The van der Waals surface area contributed by atoms with Gasteiger partial charge in [0, 0.05) is 13.0 Å². The average Bonchev–Trinajstić information content (AvgIpc) is 2.84. The van der Waals surface area contributed by atoms with Crippen LogP contribution in [-0.2, 0) is 15.8 Å². The number of benzene rings is 1. The van der Waals surface area contributed by atoms with E-state index in [9.17, 15) is 22.8 Å². The highest BCUT2D eigenvalue weighted by Gasteiger charge is 2.32. The lowest BCUT2D eigenvalue weighted by atomic mass is 10.1. The minimum Gasteiger partial charge on any atom is -0.355 e. The molecular formula is C13H10F3N3O2. The number of alkyl halides is 3. The molecule has 0 radical (unpaired) electrons. The third-order valence-electron chi connectivity index (χ3n) is 3.07. The van der Waals surface area contributed by atoms with Crippen molar-refractivity contribution in [1.82, 2.24) is 5.32 Å². The van der Waals surface area contributed by atoms with E-state index in [2.05, 4.69) is 10.6 Å². The maximum atomic E-state index is 12.5. The number of halogens is 3. The molecule has 1 aliphatic rings. The molecule has 0 spiro atoms. The van der Waals surface area contributed by atoms with Crippen LogP contribution in [-0.4, -0.2) is 18.4 Å². The molecule has 1 unspecified atom stereocenters. The van der Waals surface area contributed by atoms with E-state index in [1.54, 1.807) is 6.07 Å². The fraction of sp³-hybridized carbons (Fsp3) is 0.308. The van der Waals surface area contributed by atoms with Gasteiger partial charge in [0.1, 0.15) is 6.07 Å². The monoisotopic (exact) mass is 297 g/mol. The van der Waals surface area contributed by atoms with E-state index in [1.165, 1.54) is 0 Å². The van der Waals surface area contributed by atoms with E-state index in [0.29, 0.717) is 6.07 Å². The number of carbonyl (C=O) groups excluding carboxylic acids is 2. The summed E-state index contributed by atoms with van der Waals surface area (Å²) in [6, 6.07) is 4.11. The van der Waals surface area contributed by atoms with Crippen molar-refractivity contribution in [3.05, 3.63) is 29.3 Å². The number of hydrogen-bond acceptors (Lipinski definition) is 3. The number of amides is 2. The molecule has 0 saturated carbocycles. The van der Waals surface area contributed by atoms with Crippen molar-refractivity contribution in [1.29, 1.82) is 5.26 Å². The van der Waals surface area contributed by atoms with Crippen molar-refractivity contribution in [3.63, 3.8) is 0 Å². The quantitative estimate of drug-likeness (QED) is 0.871. The molecule has 8 heteroatoms. The van der Waals surface area contributed by atoms with Gasteiger partial charge in [0.05, 0.1) is 22.7 Å². The summed E-state index contributed by atoms with van der Waals surface area (Å²) in [5.41, 5.74) is -1.25. The molecule has 21 heavy (non-hydrogen) atoms. The van der Waals surface area contributed by atoms with Crippen LogP contribution in [0.15, 0.2) is 18.2 Å². The maximum absolute atomic E-state index is 12.5. The molecule has 1 heterocycles. The second-order valence-electron chi connectivity index (χ2n) is 4.56. The molecule has 0 bridgehead atoms. The smallest absolute Gasteiger partial charge is 0.355 e. The molecule has 1 saturated heterocycles. The molecule has 1 aliphatic heterocycles. The Morgan fingerprint density at radius 3 is 2.67 bits per heavy atom. The lowest BCUT2D eigenvalue weighted by Gasteiger charge is -2.12. The van der Waals surface area contributed by atoms with Gasteiger partial charge < -0.3 is 10.6 Å². The number of carbonyl (C=O) groups is 2. The normalized spacial score (nSPS) is 18.0. The van der Waals surface area contributed by atoms with E-state index in [4.69, 9.17) is 5.26 Å². The number of nitriles is 1. The highest BCUT2D eigenvalue weighted by atomic mass is 19.4. The van der Waals surface area contributed by atoms with Crippen LogP contribution in [0.1, 0.15) is 17.5 Å². The Morgan fingerprint density at radius 2 is 2.14 bits per heavy atom. The number of hydrogen-bond donors (Lipinski definition) is 2. The number of rotatable bonds is 2. The van der Waals surface area contributed by atoms with E-state index in [-0.39, 0.29) is 30.1 Å². The van der Waals surface area contributed by atoms with Gasteiger partial charge in [-0.1, -0.05) is 0 Å². The summed E-state index contributed by atoms with van der Waals surface area (Å²) in [6.45, 7) is 0.174. The van der Waals surface area contributed by atoms with Crippen LogP contribution in [0.4, 0.5) is 18.9 Å². The van der Waals surface area contributed by atoms with Gasteiger partial charge in [0.25, 0.3) is 0 Å². The minimum atomic E-state index is -4.56. The molecule has 110 valence electrons. The van der Waals surface area contributed by atoms with E-state index in [0.717, 1.165) is 12.1 Å². The molecule has 2 amide bonds. The van der Waals surface area contributed by atoms with Crippen LogP contribution >= 0.6 is 0 Å². The summed E-state index contributed by atoms with van der Waals surface area (Å²) in [7, 11) is 0. The number of nitrogens with one attached hydrogen (secondary N) is 2. The van der Waals surface area contributed by atoms with Gasteiger partial charge in [-0.25, -0.2) is 0 Å². The van der Waals surface area contributed by atoms with Crippen molar-refractivity contribution < 1.29 is 22.8 Å². The van der Waals surface area contributed by atoms with Crippen molar-refractivity contribution in [2.45, 2.75) is 12.6 Å². The van der Waals surface area contributed by atoms with Gasteiger partial charge in [-0.05, 0) is 18.2 Å². The van der Waals surface area contributed by atoms with Gasteiger partial charge in [0.15, 0.2) is 0 Å². The predicted octanol–water partition coefficient (Wildman–Crippen LogP) is 1.65. The first-order valence-electron chi connectivity index (χ1n) is 6.00. The largest absolute Gasteiger partial charge is 0.416 e. The number of anilines is 1. The van der Waals surface area contributed by atoms with E-state index in [1.807, 2.05) is 0 Å². The van der Waals surface area contributed by atoms with Gasteiger partial charge in [0.2, 0.25) is 11.8 Å². The highest BCUT2D eigenvalue weighted by molar-refractivity contribution is 5.98. The van der Waals surface area contributed by atoms with Crippen LogP contribution in [0.3, 0.4) is 0 Å². The second kappa shape index (κ2) is 5.44. The van der Waals surface area contributed by atoms with Gasteiger partial charge in [-0.3, -0.25) is 9.59 Å². The third kappa shape index (κ3) is 3.31. The summed E-state index contributed by atoms with van der Waals surface area (Å²) in [5, 5.41) is 13.8. The SMILES string of the molecule is N#Cc1cc(C(F)(F)F)ccc1NC(=O)C1CNC(=O)C1. The average molecular weight is 297 g/mol. The zero-order valence-corrected chi connectivity index (χ0v) is 10.6. The summed E-state index contributed by atoms with van der Waals surface area (Å²) >= 11 is 0. The molecule has 1 aromatic rings. The van der Waals surface area contributed by atoms with Crippen LogP contribution in [0.5, 0.6) is 0 Å². The molecular weight excluding hydrogens is 287 g/mol. The summed E-state index contributed by atoms with van der Waals surface area (Å²) in [5.74, 6) is -1.36. The lowest BCUT2D eigenvalue weighted by Crippen LogP contribution is -2.25. The first-order valence-corrected chi connectivity index (χ1v) is 6.00. The Bertz CT molecular complexity index is 635. The van der Waals surface area contributed by atoms with Crippen LogP contribution in [0.2, 0.25) is 0 Å². The van der Waals surface area contributed by atoms with E-state index >= 15 is 0 Å². The summed E-state index contributed by atoms with van der Waals surface area (Å²) in [6.07, 6.45) is -4.54. The molecule has 2 rings (SSSR count). The van der Waals surface area contributed by atoms with Crippen molar-refractivity contribution >= 4 is 17.5 Å². The zero-order valence-electron chi connectivity index (χ0n) is 10.6. The molecule has 0 aromatic heterocycles. The van der Waals surface area contributed by atoms with E-state index < -0.39 is 23.6 Å². The highest BCUT2D eigenvalue weighted by Crippen LogP contribution is 2.31. The lowest BCUT2D eigenvalue weighted by molar-refractivity contribution is -0.137. The van der Waals surface area contributed by atoms with Gasteiger partial charge >= 0.3 is 6.18 Å². The molecule has 0 aliphatic carbocycles. The Kier molecular flexibility index (Phi) is 3.84. The Hall–Kier alpha value is -2.56. The fourth-order valence-electron chi connectivity index (χ4n) is 1.95. The minimum absolute atomic E-state index is 0.00477. The summed E-state index contributed by atoms with van der Waals surface area (Å²) < 4.78 is 37.6. The van der Waals surface area contributed by atoms with Crippen molar-refractivity contribution in [2.24, 2.45) is 5.92 Å². The van der Waals surface area contributed by atoms with Crippen LogP contribution in [0.25, 0.3) is 0 Å². The third-order valence-corrected chi connectivity index (χ3v) is 3.07. The van der Waals surface area contributed by atoms with Gasteiger partial charge in [-0.15, -0.1) is 0 Å². The topological polar surface area (TPSA) is 82.0 Å². The Morgan fingerprint density at radius 1 is 1.43 bits per heavy atom. The van der Waals surface area contributed by atoms with Crippen LogP contribution < -0.4 is 10.6 Å². The second-order valence-corrected chi connectivity index (χ2v) is 4.56. The fourth-order valence-corrected chi connectivity index (χ4v) is 1.95. The standard InChI is InChI=1S/C13H10F3N3O2/c14-13(15,16)9-1-2-10(7(3-9)5-17)19-12(21)8-4-11(20)18-6-8/h1-3,8H,4,6H2,(H,18,20)(H,19,21). The number of nitrogens with zero attached hydrogens (tertiary/aromatic N) is 1. The van der Waals surface area contributed by atoms with Crippen molar-refractivity contribution in [2.75, 3.05) is 11.9 Å². The molecule has 5 nitrogen and oxygen atoms in total. The predicted molar refractivity (Wildman–Crippen MR) is 65.9 cm³/mol. The maximum Gasteiger partial charge on any atom is 0.416 e. The first-order chi connectivity index (χ1) is 9.81.